The van der Waals surface area contributed by atoms with Crippen LogP contribution in [0.2, 0.25) is 0 Å². The average molecular weight is 414 g/mol. The minimum absolute atomic E-state index is 0.0690. The number of phenols is 1. The molecule has 0 atom stereocenters. The number of para-hydroxylation sites is 1. The van der Waals surface area contributed by atoms with Crippen LogP contribution in [0.25, 0.3) is 21.2 Å². The number of nitrogens with zero attached hydrogens (tertiary/aromatic N) is 1. The molecule has 148 valence electrons. The van der Waals surface area contributed by atoms with Gasteiger partial charge in [-0.15, -0.1) is 11.3 Å². The first kappa shape index (κ1) is 18.4. The molecule has 5 rings (SSSR count). The van der Waals surface area contributed by atoms with Crippen molar-refractivity contribution in [2.45, 2.75) is 13.0 Å². The number of hydrogen-bond acceptors (Lipinski definition) is 6. The number of thiazole rings is 1. The first-order chi connectivity index (χ1) is 14.6. The van der Waals surface area contributed by atoms with Crippen LogP contribution in [0, 0.1) is 0 Å². The highest BCUT2D eigenvalue weighted by Crippen LogP contribution is 2.25. The Labute approximate surface area is 176 Å². The van der Waals surface area contributed by atoms with Gasteiger partial charge in [0.1, 0.15) is 11.3 Å². The van der Waals surface area contributed by atoms with Crippen LogP contribution in [-0.4, -0.2) is 10.1 Å². The second kappa shape index (κ2) is 7.65. The van der Waals surface area contributed by atoms with Gasteiger partial charge in [0, 0.05) is 36.2 Å². The van der Waals surface area contributed by atoms with Crippen molar-refractivity contribution in [3.8, 4) is 5.75 Å². The van der Waals surface area contributed by atoms with Crippen molar-refractivity contribution in [2.24, 2.45) is 0 Å². The summed E-state index contributed by atoms with van der Waals surface area (Å²) in [7, 11) is 0. The summed E-state index contributed by atoms with van der Waals surface area (Å²) in [6.07, 6.45) is 0.799. The Morgan fingerprint density at radius 2 is 1.83 bits per heavy atom. The fourth-order valence-electron chi connectivity index (χ4n) is 3.47. The Bertz CT molecular complexity index is 1370. The molecule has 2 heterocycles. The number of anilines is 1. The van der Waals surface area contributed by atoms with Crippen LogP contribution in [0.4, 0.5) is 5.69 Å². The van der Waals surface area contributed by atoms with Gasteiger partial charge in [-0.1, -0.05) is 24.3 Å². The third-order valence-corrected chi connectivity index (χ3v) is 5.98. The molecule has 30 heavy (non-hydrogen) atoms. The molecule has 0 amide bonds. The number of nitrogens with one attached hydrogen (secondary N) is 1. The second-order valence-electron chi connectivity index (χ2n) is 7.07. The molecular weight excluding hydrogens is 396 g/mol. The molecule has 0 aliphatic rings. The number of benzene rings is 3. The Kier molecular flexibility index (Phi) is 4.69. The zero-order valence-corrected chi connectivity index (χ0v) is 16.8. The van der Waals surface area contributed by atoms with E-state index in [0.29, 0.717) is 12.1 Å². The Morgan fingerprint density at radius 3 is 2.67 bits per heavy atom. The lowest BCUT2D eigenvalue weighted by Crippen LogP contribution is -2.05. The van der Waals surface area contributed by atoms with Gasteiger partial charge in [-0.05, 0) is 47.5 Å². The van der Waals surface area contributed by atoms with Crippen molar-refractivity contribution >= 4 is 38.2 Å². The van der Waals surface area contributed by atoms with Gasteiger partial charge in [-0.25, -0.2) is 9.78 Å². The number of aromatic hydroxyl groups is 1. The fraction of sp³-hybridized carbons (Fsp3) is 0.0833. The molecule has 0 saturated heterocycles. The number of hydrogen-bond donors (Lipinski definition) is 2. The van der Waals surface area contributed by atoms with Crippen molar-refractivity contribution in [3.63, 3.8) is 0 Å². The lowest BCUT2D eigenvalue weighted by atomic mass is 10.1. The first-order valence-corrected chi connectivity index (χ1v) is 10.4. The summed E-state index contributed by atoms with van der Waals surface area (Å²) in [5.41, 5.74) is 3.97. The predicted molar refractivity (Wildman–Crippen MR) is 120 cm³/mol. The van der Waals surface area contributed by atoms with Crippen molar-refractivity contribution in [1.82, 2.24) is 4.98 Å². The van der Waals surface area contributed by atoms with Crippen LogP contribution in [0.15, 0.2) is 82.0 Å². The maximum atomic E-state index is 11.8. The number of fused-ring (bicyclic) bond motifs is 2. The van der Waals surface area contributed by atoms with E-state index in [1.165, 1.54) is 22.4 Å². The number of phenolic OH excluding ortho intramolecular Hbond substituents is 1. The van der Waals surface area contributed by atoms with E-state index in [2.05, 4.69) is 23.5 Å². The summed E-state index contributed by atoms with van der Waals surface area (Å²) < 4.78 is 6.39. The molecule has 0 aliphatic heterocycles. The molecule has 5 aromatic rings. The van der Waals surface area contributed by atoms with E-state index >= 15 is 0 Å². The van der Waals surface area contributed by atoms with Crippen molar-refractivity contribution in [2.75, 3.05) is 5.32 Å². The van der Waals surface area contributed by atoms with Crippen LogP contribution < -0.4 is 10.9 Å². The zero-order valence-electron chi connectivity index (χ0n) is 16.0. The van der Waals surface area contributed by atoms with E-state index < -0.39 is 5.63 Å². The van der Waals surface area contributed by atoms with E-state index in [0.717, 1.165) is 33.6 Å². The molecule has 0 unspecified atom stereocenters. The van der Waals surface area contributed by atoms with Crippen LogP contribution >= 0.6 is 11.3 Å². The molecule has 0 radical (unpaired) electrons. The molecule has 0 bridgehead atoms. The molecule has 0 fully saturated rings. The fourth-order valence-corrected chi connectivity index (χ4v) is 4.47. The largest absolute Gasteiger partial charge is 0.508 e. The molecule has 2 aromatic heterocycles. The van der Waals surface area contributed by atoms with Crippen LogP contribution in [0.3, 0.4) is 0 Å². The molecule has 5 nitrogen and oxygen atoms in total. The van der Waals surface area contributed by atoms with Crippen LogP contribution in [0.1, 0.15) is 16.1 Å². The molecule has 6 heteroatoms. The highest BCUT2D eigenvalue weighted by Gasteiger charge is 2.07. The summed E-state index contributed by atoms with van der Waals surface area (Å²) in [5, 5.41) is 14.9. The Morgan fingerprint density at radius 1 is 1.00 bits per heavy atom. The summed E-state index contributed by atoms with van der Waals surface area (Å²) in [5.74, 6) is 0.0690. The molecule has 2 N–H and O–H groups in total. The smallest absolute Gasteiger partial charge is 0.336 e. The standard InChI is InChI=1S/C24H18N2O3S/c27-18-9-10-19-16(12-24(28)29-21(19)13-18)14-25-17-7-5-15(6-8-17)11-23-26-20-3-1-2-4-22(20)30-23/h1-10,12-13,25,27H,11,14H2. The minimum Gasteiger partial charge on any atom is -0.508 e. The van der Waals surface area contributed by atoms with E-state index in [1.807, 2.05) is 30.3 Å². The lowest BCUT2D eigenvalue weighted by molar-refractivity contribution is 0.473. The summed E-state index contributed by atoms with van der Waals surface area (Å²) >= 11 is 1.72. The zero-order chi connectivity index (χ0) is 20.5. The van der Waals surface area contributed by atoms with Gasteiger partial charge in [0.15, 0.2) is 0 Å². The van der Waals surface area contributed by atoms with Crippen LogP contribution in [-0.2, 0) is 13.0 Å². The summed E-state index contributed by atoms with van der Waals surface area (Å²) in [6, 6.07) is 22.7. The summed E-state index contributed by atoms with van der Waals surface area (Å²) in [6.45, 7) is 0.476. The topological polar surface area (TPSA) is 75.4 Å². The van der Waals surface area contributed by atoms with E-state index in [1.54, 1.807) is 23.5 Å². The SMILES string of the molecule is O=c1cc(CNc2ccc(Cc3nc4ccccc4s3)cc2)c2ccc(O)cc2o1. The van der Waals surface area contributed by atoms with Gasteiger partial charge in [-0.3, -0.25) is 0 Å². The van der Waals surface area contributed by atoms with Gasteiger partial charge in [0.25, 0.3) is 0 Å². The molecular formula is C24H18N2O3S. The van der Waals surface area contributed by atoms with E-state index in [9.17, 15) is 9.90 Å². The number of aromatic nitrogens is 1. The van der Waals surface area contributed by atoms with Gasteiger partial charge >= 0.3 is 5.63 Å². The molecule has 0 aliphatic carbocycles. The van der Waals surface area contributed by atoms with Crippen molar-refractivity contribution in [1.29, 1.82) is 0 Å². The predicted octanol–water partition coefficient (Wildman–Crippen LogP) is 5.31. The lowest BCUT2D eigenvalue weighted by Gasteiger charge is -2.09. The quantitative estimate of drug-likeness (QED) is 0.381. The van der Waals surface area contributed by atoms with Gasteiger partial charge in [0.05, 0.1) is 15.2 Å². The van der Waals surface area contributed by atoms with E-state index in [4.69, 9.17) is 9.40 Å². The normalized spacial score (nSPS) is 11.2. The first-order valence-electron chi connectivity index (χ1n) is 9.57. The molecule has 0 spiro atoms. The molecule has 0 saturated carbocycles. The average Bonchev–Trinajstić information content (AvgIpc) is 3.15. The van der Waals surface area contributed by atoms with Gasteiger partial charge in [0.2, 0.25) is 0 Å². The minimum atomic E-state index is -0.434. The highest BCUT2D eigenvalue weighted by molar-refractivity contribution is 7.18. The van der Waals surface area contributed by atoms with Gasteiger partial charge in [-0.2, -0.15) is 0 Å². The van der Waals surface area contributed by atoms with Crippen molar-refractivity contribution in [3.05, 3.63) is 99.4 Å². The van der Waals surface area contributed by atoms with Crippen molar-refractivity contribution < 1.29 is 9.52 Å². The third kappa shape index (κ3) is 3.77. The Hall–Kier alpha value is -3.64. The maximum absolute atomic E-state index is 11.8. The second-order valence-corrected chi connectivity index (χ2v) is 8.19. The maximum Gasteiger partial charge on any atom is 0.336 e. The Balaban J connectivity index is 1.31. The third-order valence-electron chi connectivity index (χ3n) is 4.94. The summed E-state index contributed by atoms with van der Waals surface area (Å²) in [4.78, 5) is 16.5. The molecule has 3 aromatic carbocycles. The van der Waals surface area contributed by atoms with Gasteiger partial charge < -0.3 is 14.8 Å². The number of rotatable bonds is 5. The van der Waals surface area contributed by atoms with Crippen LogP contribution in [0.5, 0.6) is 5.75 Å². The monoisotopic (exact) mass is 414 g/mol. The van der Waals surface area contributed by atoms with E-state index in [-0.39, 0.29) is 5.75 Å². The highest BCUT2D eigenvalue weighted by atomic mass is 32.1.